The number of nitrogens with zero attached hydrogens (tertiary/aromatic N) is 2. The first-order valence-electron chi connectivity index (χ1n) is 9.40. The van der Waals surface area contributed by atoms with Gasteiger partial charge in [-0.15, -0.1) is 0 Å². The molecule has 0 aromatic heterocycles. The van der Waals surface area contributed by atoms with Crippen LogP contribution in [-0.4, -0.2) is 17.5 Å². The van der Waals surface area contributed by atoms with E-state index in [9.17, 15) is 10.1 Å². The second-order valence-corrected chi connectivity index (χ2v) is 7.66. The number of nitrogens with two attached hydrogens (primary N) is 1. The molecular weight excluding hydrogens is 421 g/mol. The molecule has 7 heteroatoms. The van der Waals surface area contributed by atoms with Crippen LogP contribution in [0.4, 0.5) is 4.79 Å². The normalized spacial score (nSPS) is 16.5. The number of nitriles is 1. The third-order valence-electron chi connectivity index (χ3n) is 5.12. The molecule has 5 nitrogen and oxygen atoms in total. The Kier molecular flexibility index (Phi) is 6.40. The topological polar surface area (TPSA) is 79.3 Å². The molecule has 3 rings (SSSR count). The van der Waals surface area contributed by atoms with Crippen molar-refractivity contribution in [3.05, 3.63) is 80.6 Å². The quantitative estimate of drug-likeness (QED) is 0.622. The number of para-hydroxylation sites is 1. The summed E-state index contributed by atoms with van der Waals surface area (Å²) in [7, 11) is 0. The average molecular weight is 442 g/mol. The Balaban J connectivity index is 2.39. The maximum atomic E-state index is 12.3. The van der Waals surface area contributed by atoms with E-state index in [-0.39, 0.29) is 0 Å². The summed E-state index contributed by atoms with van der Waals surface area (Å²) < 4.78 is 5.85. The third kappa shape index (κ3) is 3.77. The van der Waals surface area contributed by atoms with Gasteiger partial charge in [0.25, 0.3) is 0 Å². The van der Waals surface area contributed by atoms with E-state index in [1.54, 1.807) is 32.0 Å². The summed E-state index contributed by atoms with van der Waals surface area (Å²) in [5.74, 6) is 0.167. The zero-order valence-electron chi connectivity index (χ0n) is 16.9. The van der Waals surface area contributed by atoms with Gasteiger partial charge in [0.05, 0.1) is 24.2 Å². The summed E-state index contributed by atoms with van der Waals surface area (Å²) in [6.45, 7) is 5.88. The van der Waals surface area contributed by atoms with Crippen LogP contribution in [0.5, 0.6) is 5.75 Å². The van der Waals surface area contributed by atoms with Gasteiger partial charge in [-0.1, -0.05) is 47.5 Å². The molecule has 0 saturated heterocycles. The van der Waals surface area contributed by atoms with Crippen LogP contribution in [-0.2, 0) is 0 Å². The lowest BCUT2D eigenvalue weighted by atomic mass is 9.77. The first-order chi connectivity index (χ1) is 14.3. The number of halogens is 2. The number of ether oxygens (including phenoxy) is 1. The number of amides is 2. The summed E-state index contributed by atoms with van der Waals surface area (Å²) in [4.78, 5) is 13.6. The minimum absolute atomic E-state index is 0.396. The van der Waals surface area contributed by atoms with Crippen LogP contribution >= 0.6 is 23.2 Å². The predicted molar refractivity (Wildman–Crippen MR) is 119 cm³/mol. The highest BCUT2D eigenvalue weighted by molar-refractivity contribution is 6.35. The molecule has 1 heterocycles. The first-order valence-corrected chi connectivity index (χ1v) is 10.2. The Bertz CT molecular complexity index is 1120. The summed E-state index contributed by atoms with van der Waals surface area (Å²) in [5, 5.41) is 11.0. The fourth-order valence-corrected chi connectivity index (χ4v) is 4.42. The number of urea groups is 1. The molecule has 1 aliphatic rings. The molecule has 154 valence electrons. The van der Waals surface area contributed by atoms with Crippen LogP contribution in [0.15, 0.2) is 59.4 Å². The molecule has 0 aliphatic carbocycles. The van der Waals surface area contributed by atoms with Gasteiger partial charge in [-0.2, -0.15) is 5.26 Å². The summed E-state index contributed by atoms with van der Waals surface area (Å²) in [6.07, 6.45) is 0. The minimum Gasteiger partial charge on any atom is -0.494 e. The van der Waals surface area contributed by atoms with Gasteiger partial charge in [0.15, 0.2) is 0 Å². The lowest BCUT2D eigenvalue weighted by molar-refractivity contribution is 0.229. The standard InChI is InChI=1S/C23H21Cl2N3O2/c1-4-30-20-8-6-5-7-17(20)22-18(12-26)13(2)28(23(27)29)14(3)21(22)16-10-9-15(24)11-19(16)25/h5-11,22H,4H2,1-3H3,(H2,27,29). The molecule has 0 spiro atoms. The first kappa shape index (κ1) is 21.8. The average Bonchev–Trinajstić information content (AvgIpc) is 2.69. The molecule has 0 saturated carbocycles. The van der Waals surface area contributed by atoms with Crippen molar-refractivity contribution in [2.75, 3.05) is 6.61 Å². The predicted octanol–water partition coefficient (Wildman–Crippen LogP) is 6.10. The zero-order valence-corrected chi connectivity index (χ0v) is 18.4. The zero-order chi connectivity index (χ0) is 22.0. The van der Waals surface area contributed by atoms with Crippen molar-refractivity contribution in [1.82, 2.24) is 4.90 Å². The van der Waals surface area contributed by atoms with Crippen molar-refractivity contribution in [1.29, 1.82) is 5.26 Å². The molecule has 0 fully saturated rings. The number of carbonyl (C=O) groups is 1. The lowest BCUT2D eigenvalue weighted by Gasteiger charge is -2.36. The number of rotatable bonds is 4. The van der Waals surface area contributed by atoms with E-state index in [2.05, 4.69) is 6.07 Å². The van der Waals surface area contributed by atoms with Crippen LogP contribution in [0.3, 0.4) is 0 Å². The number of allylic oxidation sites excluding steroid dienone is 4. The molecule has 0 radical (unpaired) electrons. The van der Waals surface area contributed by atoms with Crippen LogP contribution in [0.1, 0.15) is 37.8 Å². The maximum absolute atomic E-state index is 12.3. The fraction of sp³-hybridized carbons (Fsp3) is 0.217. The number of carbonyl (C=O) groups excluding carboxylic acids is 1. The summed E-state index contributed by atoms with van der Waals surface area (Å²) in [5.41, 5.74) is 9.30. The van der Waals surface area contributed by atoms with Gasteiger partial charge in [0.2, 0.25) is 0 Å². The molecular formula is C23H21Cl2N3O2. The van der Waals surface area contributed by atoms with Gasteiger partial charge in [-0.25, -0.2) is 4.79 Å². The molecule has 1 unspecified atom stereocenters. The van der Waals surface area contributed by atoms with Crippen LogP contribution < -0.4 is 10.5 Å². The van der Waals surface area contributed by atoms with Crippen LogP contribution in [0.2, 0.25) is 10.0 Å². The molecule has 2 aromatic rings. The molecule has 2 N–H and O–H groups in total. The SMILES string of the molecule is CCOc1ccccc1C1C(C#N)=C(C)N(C(N)=O)C(C)=C1c1ccc(Cl)cc1Cl. The van der Waals surface area contributed by atoms with E-state index < -0.39 is 11.9 Å². The van der Waals surface area contributed by atoms with Gasteiger partial charge in [0.1, 0.15) is 5.75 Å². The summed E-state index contributed by atoms with van der Waals surface area (Å²) >= 11 is 12.7. The van der Waals surface area contributed by atoms with Crippen LogP contribution in [0, 0.1) is 11.3 Å². The van der Waals surface area contributed by atoms with E-state index in [4.69, 9.17) is 33.7 Å². The number of benzene rings is 2. The Labute approximate surface area is 185 Å². The highest BCUT2D eigenvalue weighted by Gasteiger charge is 2.37. The van der Waals surface area contributed by atoms with Crippen molar-refractivity contribution >= 4 is 34.8 Å². The Morgan fingerprint density at radius 2 is 1.90 bits per heavy atom. The van der Waals surface area contributed by atoms with Crippen LogP contribution in [0.25, 0.3) is 5.57 Å². The molecule has 2 amide bonds. The third-order valence-corrected chi connectivity index (χ3v) is 5.67. The Hall–Kier alpha value is -2.94. The van der Waals surface area contributed by atoms with E-state index in [1.807, 2.05) is 31.2 Å². The van der Waals surface area contributed by atoms with Gasteiger partial charge < -0.3 is 10.5 Å². The van der Waals surface area contributed by atoms with Crippen molar-refractivity contribution in [2.45, 2.75) is 26.7 Å². The molecule has 1 aliphatic heterocycles. The van der Waals surface area contributed by atoms with E-state index in [1.165, 1.54) is 4.90 Å². The van der Waals surface area contributed by atoms with Gasteiger partial charge in [-0.3, -0.25) is 4.90 Å². The number of hydrogen-bond donors (Lipinski definition) is 1. The van der Waals surface area contributed by atoms with Crippen molar-refractivity contribution in [2.24, 2.45) is 5.73 Å². The Morgan fingerprint density at radius 3 is 2.50 bits per heavy atom. The molecule has 2 aromatic carbocycles. The highest BCUT2D eigenvalue weighted by Crippen LogP contribution is 2.49. The molecule has 1 atom stereocenters. The largest absolute Gasteiger partial charge is 0.494 e. The maximum Gasteiger partial charge on any atom is 0.323 e. The van der Waals surface area contributed by atoms with E-state index >= 15 is 0 Å². The fourth-order valence-electron chi connectivity index (χ4n) is 3.91. The minimum atomic E-state index is -0.670. The second-order valence-electron chi connectivity index (χ2n) is 6.81. The van der Waals surface area contributed by atoms with Gasteiger partial charge in [0, 0.05) is 27.0 Å². The van der Waals surface area contributed by atoms with Crippen molar-refractivity contribution in [3.8, 4) is 11.8 Å². The monoisotopic (exact) mass is 441 g/mol. The van der Waals surface area contributed by atoms with Gasteiger partial charge in [-0.05, 0) is 50.1 Å². The second kappa shape index (κ2) is 8.83. The Morgan fingerprint density at radius 1 is 1.20 bits per heavy atom. The lowest BCUT2D eigenvalue weighted by Crippen LogP contribution is -2.37. The number of hydrogen-bond acceptors (Lipinski definition) is 3. The van der Waals surface area contributed by atoms with Gasteiger partial charge >= 0.3 is 6.03 Å². The summed E-state index contributed by atoms with van der Waals surface area (Å²) in [6, 6.07) is 14.3. The molecule has 30 heavy (non-hydrogen) atoms. The smallest absolute Gasteiger partial charge is 0.323 e. The molecule has 0 bridgehead atoms. The van der Waals surface area contributed by atoms with E-state index in [0.717, 1.165) is 5.56 Å². The van der Waals surface area contributed by atoms with Crippen molar-refractivity contribution < 1.29 is 9.53 Å². The highest BCUT2D eigenvalue weighted by atomic mass is 35.5. The number of primary amides is 1. The van der Waals surface area contributed by atoms with Crippen molar-refractivity contribution in [3.63, 3.8) is 0 Å². The van der Waals surface area contributed by atoms with E-state index in [0.29, 0.717) is 50.5 Å².